The van der Waals surface area contributed by atoms with Gasteiger partial charge >= 0.3 is 12.1 Å². The van der Waals surface area contributed by atoms with Gasteiger partial charge in [-0.05, 0) is 24.0 Å². The molecule has 162 valence electrons. The third kappa shape index (κ3) is 7.78. The van der Waals surface area contributed by atoms with Crippen LogP contribution in [0, 0.1) is 0 Å². The van der Waals surface area contributed by atoms with Crippen molar-refractivity contribution in [3.8, 4) is 0 Å². The summed E-state index contributed by atoms with van der Waals surface area (Å²) in [4.78, 5) is 43.9. The summed E-state index contributed by atoms with van der Waals surface area (Å²) in [5.41, 5.74) is 1.47. The normalized spacial score (nSPS) is 12.5. The van der Waals surface area contributed by atoms with Crippen LogP contribution in [-0.2, 0) is 32.1 Å². The van der Waals surface area contributed by atoms with Crippen molar-refractivity contribution in [3.63, 3.8) is 0 Å². The van der Waals surface area contributed by atoms with E-state index in [1.165, 1.54) is 13.4 Å². The van der Waals surface area contributed by atoms with Crippen molar-refractivity contribution in [2.24, 2.45) is 0 Å². The maximum atomic E-state index is 12.8. The largest absolute Gasteiger partial charge is 0.467 e. The van der Waals surface area contributed by atoms with Crippen LogP contribution in [-0.4, -0.2) is 59.1 Å². The van der Waals surface area contributed by atoms with E-state index in [0.717, 1.165) is 5.56 Å². The average molecular weight is 435 g/mol. The lowest BCUT2D eigenvalue weighted by Gasteiger charge is -2.21. The number of nitrogens with one attached hydrogen (secondary N) is 3. The molecule has 9 nitrogen and oxygen atoms in total. The van der Waals surface area contributed by atoms with Gasteiger partial charge in [-0.25, -0.2) is 14.6 Å². The van der Waals surface area contributed by atoms with Crippen LogP contribution in [0.3, 0.4) is 0 Å². The highest BCUT2D eigenvalue weighted by atomic mass is 32.2. The minimum absolute atomic E-state index is 0.0730. The number of thioether (sulfide) groups is 1. The first kappa shape index (κ1) is 23.3. The number of methoxy groups -OCH3 is 1. The smallest absolute Gasteiger partial charge is 0.408 e. The van der Waals surface area contributed by atoms with Crippen LogP contribution in [0.5, 0.6) is 0 Å². The lowest BCUT2D eigenvalue weighted by atomic mass is 10.1. The molecule has 0 unspecified atom stereocenters. The molecule has 0 radical (unpaired) electrons. The summed E-state index contributed by atoms with van der Waals surface area (Å²) in [5, 5.41) is 5.23. The summed E-state index contributed by atoms with van der Waals surface area (Å²) >= 11 is 1.55. The van der Waals surface area contributed by atoms with Gasteiger partial charge in [0.25, 0.3) is 0 Å². The van der Waals surface area contributed by atoms with Crippen LogP contribution in [0.4, 0.5) is 4.79 Å². The standard InChI is InChI=1S/C20H26N4O5S/c1-28-19(26)16(8-9-30-2)23-18(25)17(10-15-11-21-13-22-15)24-20(27)29-12-14-6-4-3-5-7-14/h3-7,11,13,16-17H,8-10,12H2,1-2H3,(H,21,22)(H,23,25)(H,24,27)/t16-,17+/m1/s1. The van der Waals surface area contributed by atoms with E-state index in [1.54, 1.807) is 18.0 Å². The van der Waals surface area contributed by atoms with Gasteiger partial charge in [-0.3, -0.25) is 4.79 Å². The molecule has 0 spiro atoms. The second-order valence-electron chi connectivity index (χ2n) is 6.41. The maximum absolute atomic E-state index is 12.8. The molecule has 0 saturated heterocycles. The van der Waals surface area contributed by atoms with E-state index in [9.17, 15) is 14.4 Å². The predicted octanol–water partition coefficient (Wildman–Crippen LogP) is 1.66. The van der Waals surface area contributed by atoms with Gasteiger partial charge in [0.15, 0.2) is 0 Å². The van der Waals surface area contributed by atoms with Crippen LogP contribution < -0.4 is 10.6 Å². The lowest BCUT2D eigenvalue weighted by Crippen LogP contribution is -2.53. The van der Waals surface area contributed by atoms with E-state index in [1.807, 2.05) is 36.6 Å². The Labute approximate surface area is 179 Å². The highest BCUT2D eigenvalue weighted by molar-refractivity contribution is 7.98. The van der Waals surface area contributed by atoms with Crippen molar-refractivity contribution >= 4 is 29.7 Å². The summed E-state index contributed by atoms with van der Waals surface area (Å²) in [5.74, 6) is -0.389. The number of benzene rings is 1. The molecule has 2 atom stereocenters. The molecule has 1 heterocycles. The molecule has 0 aliphatic carbocycles. The summed E-state index contributed by atoms with van der Waals surface area (Å²) in [6.07, 6.45) is 4.77. The molecule has 2 rings (SSSR count). The minimum Gasteiger partial charge on any atom is -0.467 e. The predicted molar refractivity (Wildman–Crippen MR) is 113 cm³/mol. The molecule has 0 aliphatic heterocycles. The molecule has 1 aromatic heterocycles. The van der Waals surface area contributed by atoms with Crippen LogP contribution in [0.1, 0.15) is 17.7 Å². The van der Waals surface area contributed by atoms with Crippen LogP contribution >= 0.6 is 11.8 Å². The second-order valence-corrected chi connectivity index (χ2v) is 7.39. The first-order chi connectivity index (χ1) is 14.5. The van der Waals surface area contributed by atoms with Crippen molar-refractivity contribution < 1.29 is 23.9 Å². The van der Waals surface area contributed by atoms with Crippen LogP contribution in [0.15, 0.2) is 42.9 Å². The van der Waals surface area contributed by atoms with E-state index < -0.39 is 30.1 Å². The SMILES string of the molecule is COC(=O)[C@@H](CCSC)NC(=O)[C@H](Cc1cnc[nH]1)NC(=O)OCc1ccccc1. The Morgan fingerprint density at radius 1 is 1.17 bits per heavy atom. The van der Waals surface area contributed by atoms with Crippen LogP contribution in [0.25, 0.3) is 0 Å². The van der Waals surface area contributed by atoms with Crippen molar-refractivity contribution in [2.45, 2.75) is 31.5 Å². The van der Waals surface area contributed by atoms with Gasteiger partial charge in [0.1, 0.15) is 18.7 Å². The number of carbonyl (C=O) groups excluding carboxylic acids is 3. The van der Waals surface area contributed by atoms with E-state index in [-0.39, 0.29) is 13.0 Å². The summed E-state index contributed by atoms with van der Waals surface area (Å²) in [6, 6.07) is 7.43. The van der Waals surface area contributed by atoms with E-state index in [0.29, 0.717) is 17.9 Å². The summed E-state index contributed by atoms with van der Waals surface area (Å²) in [7, 11) is 1.27. The first-order valence-corrected chi connectivity index (χ1v) is 10.7. The zero-order valence-electron chi connectivity index (χ0n) is 16.9. The molecule has 0 saturated carbocycles. The number of hydrogen-bond donors (Lipinski definition) is 3. The Bertz CT molecular complexity index is 801. The number of amides is 2. The fourth-order valence-electron chi connectivity index (χ4n) is 2.63. The third-order valence-electron chi connectivity index (χ3n) is 4.21. The molecular weight excluding hydrogens is 408 g/mol. The molecule has 2 amide bonds. The number of aromatic amines is 1. The first-order valence-electron chi connectivity index (χ1n) is 9.35. The zero-order chi connectivity index (χ0) is 21.8. The average Bonchev–Trinajstić information content (AvgIpc) is 3.28. The minimum atomic E-state index is -0.963. The molecular formula is C20H26N4O5S. The van der Waals surface area contributed by atoms with Gasteiger partial charge in [-0.15, -0.1) is 0 Å². The van der Waals surface area contributed by atoms with Crippen molar-refractivity contribution in [1.82, 2.24) is 20.6 Å². The number of nitrogens with zero attached hydrogens (tertiary/aromatic N) is 1. The highest BCUT2D eigenvalue weighted by Crippen LogP contribution is 2.06. The zero-order valence-corrected chi connectivity index (χ0v) is 17.7. The molecule has 10 heteroatoms. The summed E-state index contributed by atoms with van der Waals surface area (Å²) < 4.78 is 9.99. The number of imidazole rings is 1. The van der Waals surface area contributed by atoms with E-state index in [4.69, 9.17) is 9.47 Å². The van der Waals surface area contributed by atoms with Gasteiger partial charge in [-0.2, -0.15) is 11.8 Å². The van der Waals surface area contributed by atoms with Gasteiger partial charge < -0.3 is 25.1 Å². The number of H-pyrrole nitrogens is 1. The van der Waals surface area contributed by atoms with Gasteiger partial charge in [0.05, 0.1) is 13.4 Å². The maximum Gasteiger partial charge on any atom is 0.408 e. The molecule has 2 aromatic rings. The summed E-state index contributed by atoms with van der Waals surface area (Å²) in [6.45, 7) is 0.0730. The van der Waals surface area contributed by atoms with E-state index >= 15 is 0 Å². The quantitative estimate of drug-likeness (QED) is 0.460. The molecule has 0 fully saturated rings. The molecule has 3 N–H and O–H groups in total. The van der Waals surface area contributed by atoms with Gasteiger partial charge in [0, 0.05) is 18.3 Å². The fraction of sp³-hybridized carbons (Fsp3) is 0.400. The Morgan fingerprint density at radius 3 is 2.57 bits per heavy atom. The number of hydrogen-bond acceptors (Lipinski definition) is 7. The lowest BCUT2D eigenvalue weighted by molar-refractivity contribution is -0.145. The number of rotatable bonds is 11. The Balaban J connectivity index is 2.02. The molecule has 1 aromatic carbocycles. The Kier molecular flexibility index (Phi) is 9.72. The number of esters is 1. The Morgan fingerprint density at radius 2 is 1.93 bits per heavy atom. The number of aromatic nitrogens is 2. The molecule has 0 bridgehead atoms. The highest BCUT2D eigenvalue weighted by Gasteiger charge is 2.28. The second kappa shape index (κ2) is 12.5. The number of carbonyl (C=O) groups is 3. The topological polar surface area (TPSA) is 122 Å². The van der Waals surface area contributed by atoms with Crippen molar-refractivity contribution in [1.29, 1.82) is 0 Å². The van der Waals surface area contributed by atoms with Crippen molar-refractivity contribution in [2.75, 3.05) is 19.1 Å². The van der Waals surface area contributed by atoms with Crippen molar-refractivity contribution in [3.05, 3.63) is 54.1 Å². The van der Waals surface area contributed by atoms with Gasteiger partial charge in [-0.1, -0.05) is 30.3 Å². The fourth-order valence-corrected chi connectivity index (χ4v) is 3.10. The number of alkyl carbamates (subject to hydrolysis) is 1. The molecule has 0 aliphatic rings. The van der Waals surface area contributed by atoms with Crippen LogP contribution in [0.2, 0.25) is 0 Å². The van der Waals surface area contributed by atoms with Gasteiger partial charge in [0.2, 0.25) is 5.91 Å². The monoisotopic (exact) mass is 434 g/mol. The molecule has 30 heavy (non-hydrogen) atoms. The van der Waals surface area contributed by atoms with E-state index in [2.05, 4.69) is 20.6 Å². The number of ether oxygens (including phenoxy) is 2. The Hall–Kier alpha value is -3.01. The third-order valence-corrected chi connectivity index (χ3v) is 4.86.